The summed E-state index contributed by atoms with van der Waals surface area (Å²) in [4.78, 5) is 11.9. The van der Waals surface area contributed by atoms with Gasteiger partial charge in [0.05, 0.1) is 0 Å². The highest BCUT2D eigenvalue weighted by molar-refractivity contribution is 5.94. The van der Waals surface area contributed by atoms with Crippen LogP contribution < -0.4 is 5.32 Å². The predicted molar refractivity (Wildman–Crippen MR) is 91.7 cm³/mol. The van der Waals surface area contributed by atoms with Crippen molar-refractivity contribution in [2.24, 2.45) is 0 Å². The zero-order valence-corrected chi connectivity index (χ0v) is 12.5. The minimum Gasteiger partial charge on any atom is -0.349 e. The minimum atomic E-state index is -0.349. The predicted octanol–water partition coefficient (Wildman–Crippen LogP) is 4.42. The molecule has 114 valence electrons. The van der Waals surface area contributed by atoms with Crippen LogP contribution in [0.15, 0.2) is 72.8 Å². The largest absolute Gasteiger partial charge is 0.349 e. The third kappa shape index (κ3) is 3.83. The fraction of sp³-hybridized carbons (Fsp3) is 0.0500. The van der Waals surface area contributed by atoms with Gasteiger partial charge in [-0.05, 0) is 46.7 Å². The number of fused-ring (bicyclic) bond motifs is 1. The van der Waals surface area contributed by atoms with E-state index in [0.717, 1.165) is 5.56 Å². The lowest BCUT2D eigenvalue weighted by Gasteiger charge is -2.02. The van der Waals surface area contributed by atoms with Crippen LogP contribution in [0.2, 0.25) is 0 Å². The van der Waals surface area contributed by atoms with E-state index >= 15 is 0 Å². The van der Waals surface area contributed by atoms with Crippen LogP contribution in [-0.2, 0) is 0 Å². The van der Waals surface area contributed by atoms with Gasteiger partial charge in [-0.25, -0.2) is 4.39 Å². The average molecular weight is 305 g/mol. The molecule has 0 spiro atoms. The van der Waals surface area contributed by atoms with Crippen molar-refractivity contribution in [1.82, 2.24) is 5.32 Å². The van der Waals surface area contributed by atoms with E-state index in [9.17, 15) is 9.18 Å². The average Bonchev–Trinajstić information content (AvgIpc) is 2.59. The number of halogens is 1. The molecule has 3 aromatic rings. The van der Waals surface area contributed by atoms with Crippen LogP contribution in [0.5, 0.6) is 0 Å². The molecule has 0 unspecified atom stereocenters. The second kappa shape index (κ2) is 6.88. The van der Waals surface area contributed by atoms with E-state index in [2.05, 4.69) is 29.6 Å². The van der Waals surface area contributed by atoms with Gasteiger partial charge in [-0.2, -0.15) is 0 Å². The van der Waals surface area contributed by atoms with E-state index in [1.165, 1.54) is 35.0 Å². The lowest BCUT2D eigenvalue weighted by Crippen LogP contribution is -2.23. The number of nitrogens with one attached hydrogen (secondary N) is 1. The summed E-state index contributed by atoms with van der Waals surface area (Å²) in [6, 6.07) is 19.9. The number of hydrogen-bond donors (Lipinski definition) is 1. The highest BCUT2D eigenvalue weighted by Gasteiger charge is 2.03. The molecule has 3 aromatic carbocycles. The SMILES string of the molecule is O=C(NC/C=C/c1ccc2ccccc2c1)c1ccc(F)cc1. The van der Waals surface area contributed by atoms with Crippen LogP contribution in [0.25, 0.3) is 16.8 Å². The highest BCUT2D eigenvalue weighted by atomic mass is 19.1. The zero-order chi connectivity index (χ0) is 16.1. The highest BCUT2D eigenvalue weighted by Crippen LogP contribution is 2.16. The molecule has 1 amide bonds. The van der Waals surface area contributed by atoms with Crippen molar-refractivity contribution in [1.29, 1.82) is 0 Å². The fourth-order valence-electron chi connectivity index (χ4n) is 2.36. The number of amides is 1. The van der Waals surface area contributed by atoms with Gasteiger partial charge in [0.2, 0.25) is 0 Å². The quantitative estimate of drug-likeness (QED) is 0.759. The molecule has 3 heteroatoms. The Hall–Kier alpha value is -2.94. The molecule has 2 nitrogen and oxygen atoms in total. The van der Waals surface area contributed by atoms with Crippen molar-refractivity contribution in [3.8, 4) is 0 Å². The Morgan fingerprint density at radius 2 is 1.70 bits per heavy atom. The standard InChI is InChI=1S/C20H16FNO/c21-19-11-9-17(10-12-19)20(23)22-13-3-4-15-7-8-16-5-1-2-6-18(16)14-15/h1-12,14H,13H2,(H,22,23)/b4-3+. The Morgan fingerprint density at radius 1 is 0.957 bits per heavy atom. The van der Waals surface area contributed by atoms with Crippen molar-refractivity contribution in [2.75, 3.05) is 6.54 Å². The van der Waals surface area contributed by atoms with Gasteiger partial charge in [-0.1, -0.05) is 48.6 Å². The summed E-state index contributed by atoms with van der Waals surface area (Å²) in [6.45, 7) is 0.420. The molecule has 0 atom stereocenters. The zero-order valence-electron chi connectivity index (χ0n) is 12.5. The molecule has 0 fully saturated rings. The van der Waals surface area contributed by atoms with Gasteiger partial charge in [-0.15, -0.1) is 0 Å². The van der Waals surface area contributed by atoms with E-state index < -0.39 is 0 Å². The van der Waals surface area contributed by atoms with Crippen LogP contribution in [0, 0.1) is 5.82 Å². The molecular weight excluding hydrogens is 289 g/mol. The number of rotatable bonds is 4. The van der Waals surface area contributed by atoms with E-state index in [-0.39, 0.29) is 11.7 Å². The number of carbonyl (C=O) groups excluding carboxylic acids is 1. The van der Waals surface area contributed by atoms with E-state index in [1.807, 2.05) is 30.4 Å². The summed E-state index contributed by atoms with van der Waals surface area (Å²) >= 11 is 0. The number of benzene rings is 3. The van der Waals surface area contributed by atoms with Crippen LogP contribution in [0.4, 0.5) is 4.39 Å². The van der Waals surface area contributed by atoms with Gasteiger partial charge in [0.15, 0.2) is 0 Å². The summed E-state index contributed by atoms with van der Waals surface area (Å²) in [6.07, 6.45) is 3.86. The maximum atomic E-state index is 12.8. The third-order valence-electron chi connectivity index (χ3n) is 3.57. The minimum absolute atomic E-state index is 0.215. The molecule has 0 heterocycles. The van der Waals surface area contributed by atoms with Gasteiger partial charge in [0.25, 0.3) is 5.91 Å². The van der Waals surface area contributed by atoms with Crippen molar-refractivity contribution in [3.05, 3.63) is 89.8 Å². The first-order chi connectivity index (χ1) is 11.2. The van der Waals surface area contributed by atoms with Gasteiger partial charge in [0.1, 0.15) is 5.82 Å². The molecule has 23 heavy (non-hydrogen) atoms. The summed E-state index contributed by atoms with van der Waals surface area (Å²) in [5, 5.41) is 5.17. The topological polar surface area (TPSA) is 29.1 Å². The first-order valence-electron chi connectivity index (χ1n) is 7.41. The Labute approximate surface area is 134 Å². The van der Waals surface area contributed by atoms with Crippen LogP contribution in [-0.4, -0.2) is 12.5 Å². The molecule has 0 aromatic heterocycles. The Balaban J connectivity index is 1.59. The molecule has 0 saturated heterocycles. The summed E-state index contributed by atoms with van der Waals surface area (Å²) in [5.41, 5.74) is 1.53. The van der Waals surface area contributed by atoms with E-state index in [0.29, 0.717) is 12.1 Å². The molecule has 0 saturated carbocycles. The maximum Gasteiger partial charge on any atom is 0.251 e. The summed E-state index contributed by atoms with van der Waals surface area (Å²) in [5.74, 6) is -0.564. The van der Waals surface area contributed by atoms with Crippen LogP contribution >= 0.6 is 0 Å². The van der Waals surface area contributed by atoms with E-state index in [4.69, 9.17) is 0 Å². The third-order valence-corrected chi connectivity index (χ3v) is 3.57. The normalized spacial score (nSPS) is 11.0. The smallest absolute Gasteiger partial charge is 0.251 e. The molecule has 0 aliphatic rings. The monoisotopic (exact) mass is 305 g/mol. The second-order valence-corrected chi connectivity index (χ2v) is 5.23. The van der Waals surface area contributed by atoms with Crippen LogP contribution in [0.1, 0.15) is 15.9 Å². The molecular formula is C20H16FNO. The van der Waals surface area contributed by atoms with Gasteiger partial charge < -0.3 is 5.32 Å². The van der Waals surface area contributed by atoms with Crippen LogP contribution in [0.3, 0.4) is 0 Å². The summed E-state index contributed by atoms with van der Waals surface area (Å²) < 4.78 is 12.8. The Morgan fingerprint density at radius 3 is 2.48 bits per heavy atom. The molecule has 0 aliphatic carbocycles. The van der Waals surface area contributed by atoms with Gasteiger partial charge in [-0.3, -0.25) is 4.79 Å². The van der Waals surface area contributed by atoms with Crippen molar-refractivity contribution in [2.45, 2.75) is 0 Å². The maximum absolute atomic E-state index is 12.8. The van der Waals surface area contributed by atoms with Gasteiger partial charge in [0, 0.05) is 12.1 Å². The molecule has 3 rings (SSSR count). The molecule has 0 radical (unpaired) electrons. The lowest BCUT2D eigenvalue weighted by atomic mass is 10.1. The van der Waals surface area contributed by atoms with Crippen molar-refractivity contribution >= 4 is 22.8 Å². The molecule has 0 bridgehead atoms. The summed E-state index contributed by atoms with van der Waals surface area (Å²) in [7, 11) is 0. The van der Waals surface area contributed by atoms with Gasteiger partial charge >= 0.3 is 0 Å². The van der Waals surface area contributed by atoms with Crippen molar-refractivity contribution in [3.63, 3.8) is 0 Å². The number of carbonyl (C=O) groups is 1. The Kier molecular flexibility index (Phi) is 4.48. The van der Waals surface area contributed by atoms with E-state index in [1.54, 1.807) is 0 Å². The first-order valence-corrected chi connectivity index (χ1v) is 7.41. The number of hydrogen-bond acceptors (Lipinski definition) is 1. The second-order valence-electron chi connectivity index (χ2n) is 5.23. The molecule has 0 aliphatic heterocycles. The molecule has 1 N–H and O–H groups in total. The van der Waals surface area contributed by atoms with Crippen molar-refractivity contribution < 1.29 is 9.18 Å². The Bertz CT molecular complexity index is 853. The lowest BCUT2D eigenvalue weighted by molar-refractivity contribution is 0.0958. The fourth-order valence-corrected chi connectivity index (χ4v) is 2.36. The first kappa shape index (κ1) is 15.0.